The SMILES string of the molecule is COCCCOc1cc2c(cc1OC)C=NC1C2OCC1(C)C. The molecule has 0 spiro atoms. The molecule has 3 rings (SSSR count). The van der Waals surface area contributed by atoms with E-state index in [1.54, 1.807) is 14.2 Å². The number of benzene rings is 1. The standard InChI is InChI=1S/C18H25NO4/c1-18(2)11-23-16-13-9-15(22-7-5-6-20-3)14(21-4)8-12(13)10-19-17(16)18/h8-10,16-17H,5-7,11H2,1-4H3. The summed E-state index contributed by atoms with van der Waals surface area (Å²) in [6.07, 6.45) is 2.77. The second kappa shape index (κ2) is 6.49. The van der Waals surface area contributed by atoms with Gasteiger partial charge in [0.1, 0.15) is 6.10 Å². The van der Waals surface area contributed by atoms with E-state index >= 15 is 0 Å². The van der Waals surface area contributed by atoms with Crippen LogP contribution in [0, 0.1) is 5.41 Å². The van der Waals surface area contributed by atoms with Crippen LogP contribution < -0.4 is 9.47 Å². The first kappa shape index (κ1) is 16.3. The third-order valence-corrected chi connectivity index (χ3v) is 4.52. The summed E-state index contributed by atoms with van der Waals surface area (Å²) >= 11 is 0. The van der Waals surface area contributed by atoms with E-state index in [-0.39, 0.29) is 17.6 Å². The van der Waals surface area contributed by atoms with Crippen molar-refractivity contribution in [1.82, 2.24) is 0 Å². The number of hydrogen-bond acceptors (Lipinski definition) is 5. The van der Waals surface area contributed by atoms with Crippen molar-refractivity contribution < 1.29 is 18.9 Å². The Morgan fingerprint density at radius 3 is 2.78 bits per heavy atom. The van der Waals surface area contributed by atoms with Gasteiger partial charge in [0.15, 0.2) is 11.5 Å². The van der Waals surface area contributed by atoms with Crippen molar-refractivity contribution in [2.45, 2.75) is 32.4 Å². The maximum Gasteiger partial charge on any atom is 0.161 e. The van der Waals surface area contributed by atoms with Crippen molar-refractivity contribution in [3.05, 3.63) is 23.3 Å². The highest BCUT2D eigenvalue weighted by molar-refractivity contribution is 5.85. The largest absolute Gasteiger partial charge is 0.493 e. The summed E-state index contributed by atoms with van der Waals surface area (Å²) < 4.78 is 22.5. The molecule has 2 aliphatic heterocycles. The van der Waals surface area contributed by atoms with Crippen LogP contribution in [0.5, 0.6) is 11.5 Å². The molecule has 2 unspecified atom stereocenters. The van der Waals surface area contributed by atoms with E-state index in [0.29, 0.717) is 13.2 Å². The Labute approximate surface area is 137 Å². The van der Waals surface area contributed by atoms with Gasteiger partial charge in [0.05, 0.1) is 26.4 Å². The highest BCUT2D eigenvalue weighted by atomic mass is 16.5. The van der Waals surface area contributed by atoms with Gasteiger partial charge in [-0.1, -0.05) is 13.8 Å². The Kier molecular flexibility index (Phi) is 4.60. The van der Waals surface area contributed by atoms with Gasteiger partial charge in [0.25, 0.3) is 0 Å². The van der Waals surface area contributed by atoms with Crippen LogP contribution >= 0.6 is 0 Å². The maximum absolute atomic E-state index is 6.04. The Morgan fingerprint density at radius 2 is 2.04 bits per heavy atom. The maximum atomic E-state index is 6.04. The molecule has 0 amide bonds. The number of rotatable bonds is 6. The normalized spacial score (nSPS) is 24.2. The number of hydrogen-bond donors (Lipinski definition) is 0. The van der Waals surface area contributed by atoms with Crippen LogP contribution in [-0.4, -0.2) is 46.3 Å². The first-order valence-corrected chi connectivity index (χ1v) is 8.05. The Morgan fingerprint density at radius 1 is 1.22 bits per heavy atom. The van der Waals surface area contributed by atoms with Gasteiger partial charge in [-0.2, -0.15) is 0 Å². The van der Waals surface area contributed by atoms with Gasteiger partial charge in [-0.05, 0) is 17.7 Å². The summed E-state index contributed by atoms with van der Waals surface area (Å²) in [6, 6.07) is 4.19. The average molecular weight is 319 g/mol. The minimum absolute atomic E-state index is 0.00256. The molecule has 1 saturated heterocycles. The molecule has 0 N–H and O–H groups in total. The molecule has 5 nitrogen and oxygen atoms in total. The lowest BCUT2D eigenvalue weighted by Crippen LogP contribution is -2.29. The number of ether oxygens (including phenoxy) is 4. The Balaban J connectivity index is 1.87. The highest BCUT2D eigenvalue weighted by Crippen LogP contribution is 2.47. The van der Waals surface area contributed by atoms with E-state index in [4.69, 9.17) is 23.9 Å². The van der Waals surface area contributed by atoms with Crippen molar-refractivity contribution in [3.8, 4) is 11.5 Å². The molecule has 0 radical (unpaired) electrons. The van der Waals surface area contributed by atoms with Crippen LogP contribution in [-0.2, 0) is 9.47 Å². The molecular formula is C18H25NO4. The molecule has 5 heteroatoms. The summed E-state index contributed by atoms with van der Waals surface area (Å²) in [5.74, 6) is 1.48. The van der Waals surface area contributed by atoms with Gasteiger partial charge < -0.3 is 18.9 Å². The van der Waals surface area contributed by atoms with Crippen LogP contribution in [0.25, 0.3) is 0 Å². The second-order valence-electron chi connectivity index (χ2n) is 6.77. The van der Waals surface area contributed by atoms with Gasteiger partial charge in [-0.25, -0.2) is 0 Å². The fourth-order valence-corrected chi connectivity index (χ4v) is 3.20. The van der Waals surface area contributed by atoms with E-state index in [1.807, 2.05) is 18.3 Å². The van der Waals surface area contributed by atoms with Crippen molar-refractivity contribution >= 4 is 6.21 Å². The molecule has 2 atom stereocenters. The van der Waals surface area contributed by atoms with Crippen LogP contribution in [0.2, 0.25) is 0 Å². The van der Waals surface area contributed by atoms with Gasteiger partial charge in [0, 0.05) is 37.3 Å². The molecule has 2 heterocycles. The third-order valence-electron chi connectivity index (χ3n) is 4.52. The summed E-state index contributed by atoms with van der Waals surface area (Å²) in [5.41, 5.74) is 2.24. The second-order valence-corrected chi connectivity index (χ2v) is 6.77. The van der Waals surface area contributed by atoms with E-state index in [1.165, 1.54) is 0 Å². The first-order valence-electron chi connectivity index (χ1n) is 8.05. The summed E-state index contributed by atoms with van der Waals surface area (Å²) in [7, 11) is 3.35. The molecule has 0 aromatic heterocycles. The molecule has 1 fully saturated rings. The summed E-state index contributed by atoms with van der Waals surface area (Å²) in [6.45, 7) is 6.39. The number of fused-ring (bicyclic) bond motifs is 3. The van der Waals surface area contributed by atoms with Crippen molar-refractivity contribution in [3.63, 3.8) is 0 Å². The average Bonchev–Trinajstić information content (AvgIpc) is 2.86. The third kappa shape index (κ3) is 3.08. The molecule has 1 aromatic carbocycles. The van der Waals surface area contributed by atoms with E-state index in [0.717, 1.165) is 35.7 Å². The zero-order chi connectivity index (χ0) is 16.4. The fourth-order valence-electron chi connectivity index (χ4n) is 3.20. The predicted octanol–water partition coefficient (Wildman–Crippen LogP) is 3.01. The zero-order valence-electron chi connectivity index (χ0n) is 14.3. The van der Waals surface area contributed by atoms with Gasteiger partial charge >= 0.3 is 0 Å². The van der Waals surface area contributed by atoms with E-state index < -0.39 is 0 Å². The lowest BCUT2D eigenvalue weighted by molar-refractivity contribution is 0.0962. The van der Waals surface area contributed by atoms with E-state index in [2.05, 4.69) is 13.8 Å². The predicted molar refractivity (Wildman–Crippen MR) is 88.8 cm³/mol. The number of aliphatic imine (C=N–C) groups is 1. The fraction of sp³-hybridized carbons (Fsp3) is 0.611. The van der Waals surface area contributed by atoms with Gasteiger partial charge in [0.2, 0.25) is 0 Å². The Hall–Kier alpha value is -1.59. The molecule has 0 bridgehead atoms. The van der Waals surface area contributed by atoms with Crippen LogP contribution in [0.1, 0.15) is 37.5 Å². The molecule has 23 heavy (non-hydrogen) atoms. The molecule has 2 aliphatic rings. The van der Waals surface area contributed by atoms with E-state index in [9.17, 15) is 0 Å². The monoisotopic (exact) mass is 319 g/mol. The molecule has 1 aromatic rings. The van der Waals surface area contributed by atoms with Crippen LogP contribution in [0.4, 0.5) is 0 Å². The quantitative estimate of drug-likeness (QED) is 0.756. The Bertz CT molecular complexity index is 597. The minimum Gasteiger partial charge on any atom is -0.493 e. The summed E-state index contributed by atoms with van der Waals surface area (Å²) in [4.78, 5) is 4.71. The molecule has 0 saturated carbocycles. The lowest BCUT2D eigenvalue weighted by atomic mass is 9.81. The molecular weight excluding hydrogens is 294 g/mol. The minimum atomic E-state index is -0.00256. The first-order chi connectivity index (χ1) is 11.1. The number of methoxy groups -OCH3 is 2. The highest BCUT2D eigenvalue weighted by Gasteiger charge is 2.46. The van der Waals surface area contributed by atoms with Crippen LogP contribution in [0.15, 0.2) is 17.1 Å². The van der Waals surface area contributed by atoms with Crippen molar-refractivity contribution in [2.24, 2.45) is 10.4 Å². The smallest absolute Gasteiger partial charge is 0.161 e. The zero-order valence-corrected chi connectivity index (χ0v) is 14.3. The van der Waals surface area contributed by atoms with Gasteiger partial charge in [-0.3, -0.25) is 4.99 Å². The molecule has 0 aliphatic carbocycles. The van der Waals surface area contributed by atoms with Crippen LogP contribution in [0.3, 0.4) is 0 Å². The van der Waals surface area contributed by atoms with Crippen molar-refractivity contribution in [2.75, 3.05) is 34.0 Å². The van der Waals surface area contributed by atoms with Gasteiger partial charge in [-0.15, -0.1) is 0 Å². The van der Waals surface area contributed by atoms with Crippen molar-refractivity contribution in [1.29, 1.82) is 0 Å². The number of nitrogens with zero attached hydrogens (tertiary/aromatic N) is 1. The topological polar surface area (TPSA) is 49.3 Å². The summed E-state index contributed by atoms with van der Waals surface area (Å²) in [5, 5.41) is 0. The molecule has 126 valence electrons. The lowest BCUT2D eigenvalue weighted by Gasteiger charge is -2.29.